The first-order chi connectivity index (χ1) is 15.8. The molecule has 176 valence electrons. The molecule has 1 aliphatic heterocycles. The molecule has 0 spiro atoms. The molecule has 10 heteroatoms. The standard InChI is InChI=1S/C23H31N7O3/c24-18(31)17-19(27-16-8-6-7-15(13-16)21(33)30-11-4-5-12-30)28-22(29-20(17)32)26-14-23(25)9-2-1-3-10-23/h6-8,13H,1-5,9-12,14,25H2,(H2,24,31)(H3,26,27,28,29,32). The quantitative estimate of drug-likeness (QED) is 0.428. The number of nitrogens with one attached hydrogen (secondary N) is 3. The summed E-state index contributed by atoms with van der Waals surface area (Å²) in [4.78, 5) is 46.1. The van der Waals surface area contributed by atoms with E-state index < -0.39 is 11.5 Å². The lowest BCUT2D eigenvalue weighted by Crippen LogP contribution is -2.48. The number of anilines is 3. The summed E-state index contributed by atoms with van der Waals surface area (Å²) < 4.78 is 0. The van der Waals surface area contributed by atoms with Crippen molar-refractivity contribution < 1.29 is 9.59 Å². The number of hydrogen-bond donors (Lipinski definition) is 5. The minimum atomic E-state index is -0.898. The number of likely N-dealkylation sites (tertiary alicyclic amines) is 1. The molecular weight excluding hydrogens is 422 g/mol. The zero-order valence-corrected chi connectivity index (χ0v) is 18.7. The third-order valence-corrected chi connectivity index (χ3v) is 6.39. The molecule has 1 aliphatic carbocycles. The number of carbonyl (C=O) groups is 2. The van der Waals surface area contributed by atoms with Crippen LogP contribution in [0.3, 0.4) is 0 Å². The fraction of sp³-hybridized carbons (Fsp3) is 0.478. The molecule has 1 aromatic heterocycles. The van der Waals surface area contributed by atoms with E-state index >= 15 is 0 Å². The molecule has 10 nitrogen and oxygen atoms in total. The van der Waals surface area contributed by atoms with Crippen LogP contribution < -0.4 is 27.7 Å². The Morgan fingerprint density at radius 1 is 1.12 bits per heavy atom. The van der Waals surface area contributed by atoms with E-state index in [4.69, 9.17) is 11.5 Å². The summed E-state index contributed by atoms with van der Waals surface area (Å²) in [6.07, 6.45) is 7.11. The summed E-state index contributed by atoms with van der Waals surface area (Å²) in [5.41, 5.74) is 11.7. The van der Waals surface area contributed by atoms with Crippen LogP contribution in [0.4, 0.5) is 17.5 Å². The molecule has 1 aromatic carbocycles. The van der Waals surface area contributed by atoms with Crippen molar-refractivity contribution in [2.24, 2.45) is 11.5 Å². The number of nitrogens with two attached hydrogens (primary N) is 2. The highest BCUT2D eigenvalue weighted by atomic mass is 16.2. The molecule has 2 fully saturated rings. The van der Waals surface area contributed by atoms with Crippen molar-refractivity contribution in [2.75, 3.05) is 30.3 Å². The molecule has 7 N–H and O–H groups in total. The molecule has 33 heavy (non-hydrogen) atoms. The van der Waals surface area contributed by atoms with Crippen LogP contribution in [0.25, 0.3) is 0 Å². The number of primary amides is 1. The third kappa shape index (κ3) is 5.33. The van der Waals surface area contributed by atoms with E-state index in [9.17, 15) is 14.4 Å². The van der Waals surface area contributed by atoms with Crippen LogP contribution in [0.1, 0.15) is 65.7 Å². The van der Waals surface area contributed by atoms with Crippen LogP contribution in [0.2, 0.25) is 0 Å². The molecule has 2 aliphatic rings. The van der Waals surface area contributed by atoms with Gasteiger partial charge in [0, 0.05) is 36.4 Å². The fourth-order valence-electron chi connectivity index (χ4n) is 4.54. The predicted octanol–water partition coefficient (Wildman–Crippen LogP) is 1.92. The second kappa shape index (κ2) is 9.62. The van der Waals surface area contributed by atoms with Crippen molar-refractivity contribution in [2.45, 2.75) is 50.5 Å². The number of aromatic nitrogens is 2. The highest BCUT2D eigenvalue weighted by Crippen LogP contribution is 2.26. The second-order valence-electron chi connectivity index (χ2n) is 8.98. The van der Waals surface area contributed by atoms with Gasteiger partial charge in [-0.1, -0.05) is 25.3 Å². The lowest BCUT2D eigenvalue weighted by Gasteiger charge is -2.33. The summed E-state index contributed by atoms with van der Waals surface area (Å²) >= 11 is 0. The minimum absolute atomic E-state index is 0.0224. The Labute approximate surface area is 192 Å². The van der Waals surface area contributed by atoms with Crippen molar-refractivity contribution in [3.8, 4) is 0 Å². The number of nitrogens with zero attached hydrogens (tertiary/aromatic N) is 2. The Morgan fingerprint density at radius 3 is 2.55 bits per heavy atom. The van der Waals surface area contributed by atoms with Crippen molar-refractivity contribution in [3.63, 3.8) is 0 Å². The maximum absolute atomic E-state index is 12.7. The van der Waals surface area contributed by atoms with Gasteiger partial charge < -0.3 is 27.0 Å². The van der Waals surface area contributed by atoms with Crippen LogP contribution in [0, 0.1) is 0 Å². The molecule has 0 unspecified atom stereocenters. The molecular formula is C23H31N7O3. The molecule has 4 rings (SSSR count). The van der Waals surface area contributed by atoms with Crippen molar-refractivity contribution >= 4 is 29.3 Å². The number of H-pyrrole nitrogens is 1. The monoisotopic (exact) mass is 453 g/mol. The van der Waals surface area contributed by atoms with Crippen LogP contribution in [-0.2, 0) is 0 Å². The molecule has 2 heterocycles. The number of aromatic amines is 1. The number of rotatable bonds is 7. The van der Waals surface area contributed by atoms with Gasteiger partial charge in [0.05, 0.1) is 0 Å². The zero-order valence-electron chi connectivity index (χ0n) is 18.7. The molecule has 0 radical (unpaired) electrons. The van der Waals surface area contributed by atoms with E-state index in [0.29, 0.717) is 17.8 Å². The van der Waals surface area contributed by atoms with E-state index in [1.165, 1.54) is 6.42 Å². The molecule has 1 saturated heterocycles. The van der Waals surface area contributed by atoms with Gasteiger partial charge in [0.2, 0.25) is 5.95 Å². The summed E-state index contributed by atoms with van der Waals surface area (Å²) in [6, 6.07) is 6.89. The van der Waals surface area contributed by atoms with Crippen molar-refractivity contribution in [3.05, 3.63) is 45.7 Å². The Hall–Kier alpha value is -3.40. The molecule has 0 bridgehead atoms. The molecule has 0 atom stereocenters. The van der Waals surface area contributed by atoms with Gasteiger partial charge in [0.25, 0.3) is 17.4 Å². The minimum Gasteiger partial charge on any atom is -0.365 e. The first-order valence-corrected chi connectivity index (χ1v) is 11.5. The van der Waals surface area contributed by atoms with Crippen LogP contribution in [-0.4, -0.2) is 51.9 Å². The maximum atomic E-state index is 12.7. The average molecular weight is 454 g/mol. The zero-order chi connectivity index (χ0) is 23.4. The van der Waals surface area contributed by atoms with E-state index in [1.807, 2.05) is 4.90 Å². The van der Waals surface area contributed by atoms with Gasteiger partial charge in [-0.05, 0) is 43.9 Å². The first-order valence-electron chi connectivity index (χ1n) is 11.5. The fourth-order valence-corrected chi connectivity index (χ4v) is 4.54. The lowest BCUT2D eigenvalue weighted by molar-refractivity contribution is 0.0792. The second-order valence-corrected chi connectivity index (χ2v) is 8.98. The third-order valence-electron chi connectivity index (χ3n) is 6.39. The Morgan fingerprint density at radius 2 is 1.85 bits per heavy atom. The molecule has 1 saturated carbocycles. The van der Waals surface area contributed by atoms with Gasteiger partial charge >= 0.3 is 0 Å². The molecule has 2 amide bonds. The van der Waals surface area contributed by atoms with Crippen LogP contribution in [0.5, 0.6) is 0 Å². The lowest BCUT2D eigenvalue weighted by atomic mass is 9.82. The normalized spacial score (nSPS) is 17.5. The highest BCUT2D eigenvalue weighted by molar-refractivity contribution is 5.98. The van der Waals surface area contributed by atoms with Gasteiger partial charge in [-0.25, -0.2) is 0 Å². The van der Waals surface area contributed by atoms with E-state index in [0.717, 1.165) is 51.6 Å². The Bertz CT molecular complexity index is 1090. The SMILES string of the molecule is NC(=O)c1c(Nc2cccc(C(=O)N3CCCC3)c2)nc(NCC2(N)CCCCC2)[nH]c1=O. The molecule has 2 aromatic rings. The predicted molar refractivity (Wildman–Crippen MR) is 127 cm³/mol. The summed E-state index contributed by atoms with van der Waals surface area (Å²) in [5, 5.41) is 6.10. The van der Waals surface area contributed by atoms with Gasteiger partial charge in [-0.2, -0.15) is 4.98 Å². The van der Waals surface area contributed by atoms with E-state index in [1.54, 1.807) is 24.3 Å². The summed E-state index contributed by atoms with van der Waals surface area (Å²) in [6.45, 7) is 1.94. The first kappa shape index (κ1) is 22.8. The van der Waals surface area contributed by atoms with Crippen molar-refractivity contribution in [1.29, 1.82) is 0 Å². The van der Waals surface area contributed by atoms with E-state index in [2.05, 4.69) is 20.6 Å². The van der Waals surface area contributed by atoms with Gasteiger partial charge in [0.1, 0.15) is 5.56 Å². The van der Waals surface area contributed by atoms with Crippen molar-refractivity contribution in [1.82, 2.24) is 14.9 Å². The van der Waals surface area contributed by atoms with Gasteiger partial charge in [-0.15, -0.1) is 0 Å². The highest BCUT2D eigenvalue weighted by Gasteiger charge is 2.28. The smallest absolute Gasteiger partial charge is 0.267 e. The number of benzene rings is 1. The maximum Gasteiger partial charge on any atom is 0.267 e. The van der Waals surface area contributed by atoms with Gasteiger partial charge in [-0.3, -0.25) is 19.4 Å². The van der Waals surface area contributed by atoms with Crippen LogP contribution in [0.15, 0.2) is 29.1 Å². The summed E-state index contributed by atoms with van der Waals surface area (Å²) in [7, 11) is 0. The Balaban J connectivity index is 1.57. The largest absolute Gasteiger partial charge is 0.365 e. The topological polar surface area (TPSA) is 159 Å². The number of hydrogen-bond acceptors (Lipinski definition) is 7. The number of amides is 2. The van der Waals surface area contributed by atoms with E-state index in [-0.39, 0.29) is 28.8 Å². The Kier molecular flexibility index (Phi) is 6.64. The summed E-state index contributed by atoms with van der Waals surface area (Å²) in [5.74, 6) is -0.723. The average Bonchev–Trinajstić information content (AvgIpc) is 3.32. The van der Waals surface area contributed by atoms with Gasteiger partial charge in [0.15, 0.2) is 5.82 Å². The van der Waals surface area contributed by atoms with Crippen LogP contribution >= 0.6 is 0 Å². The number of carbonyl (C=O) groups excluding carboxylic acids is 2.